The number of thiocarbonyl (C=S) groups is 1. The van der Waals surface area contributed by atoms with Gasteiger partial charge in [0.15, 0.2) is 4.32 Å². The molecule has 1 saturated heterocycles. The van der Waals surface area contributed by atoms with E-state index in [-0.39, 0.29) is 5.91 Å². The Labute approximate surface area is 159 Å². The number of carbonyl (C=O) groups excluding carboxylic acids is 1. The first kappa shape index (κ1) is 16.7. The molecule has 0 unspecified atom stereocenters. The van der Waals surface area contributed by atoms with E-state index < -0.39 is 0 Å². The highest BCUT2D eigenvalue weighted by Crippen LogP contribution is 2.39. The molecule has 2 aromatic carbocycles. The molecule has 3 aromatic rings. The highest BCUT2D eigenvalue weighted by atomic mass is 32.2. The van der Waals surface area contributed by atoms with Gasteiger partial charge >= 0.3 is 0 Å². The summed E-state index contributed by atoms with van der Waals surface area (Å²) in [6.07, 6.45) is 3.37. The Morgan fingerprint density at radius 3 is 2.65 bits per heavy atom. The average molecular weight is 379 g/mol. The zero-order chi connectivity index (χ0) is 18.1. The number of anilines is 1. The fourth-order valence-corrected chi connectivity index (χ4v) is 3.93. The fourth-order valence-electron chi connectivity index (χ4n) is 2.67. The van der Waals surface area contributed by atoms with Crippen molar-refractivity contribution in [2.24, 2.45) is 0 Å². The average Bonchev–Trinajstić information content (AvgIpc) is 2.94. The highest BCUT2D eigenvalue weighted by Gasteiger charge is 2.34. The lowest BCUT2D eigenvalue weighted by molar-refractivity contribution is -0.113. The molecule has 0 aliphatic carbocycles. The quantitative estimate of drug-likeness (QED) is 0.506. The third-order valence-corrected chi connectivity index (χ3v) is 5.17. The van der Waals surface area contributed by atoms with Gasteiger partial charge in [-0.1, -0.05) is 48.2 Å². The maximum Gasteiger partial charge on any atom is 0.270 e. The van der Waals surface area contributed by atoms with Crippen molar-refractivity contribution < 1.29 is 9.53 Å². The first-order valence-electron chi connectivity index (χ1n) is 7.80. The van der Waals surface area contributed by atoms with Crippen molar-refractivity contribution >= 4 is 57.0 Å². The van der Waals surface area contributed by atoms with Crippen molar-refractivity contribution in [2.75, 3.05) is 12.0 Å². The number of hydrogen-bond donors (Lipinski definition) is 0. The molecule has 2 heterocycles. The van der Waals surface area contributed by atoms with E-state index in [2.05, 4.69) is 9.97 Å². The Morgan fingerprint density at radius 1 is 1.12 bits per heavy atom. The van der Waals surface area contributed by atoms with Gasteiger partial charge in [-0.25, -0.2) is 4.98 Å². The van der Waals surface area contributed by atoms with Crippen LogP contribution in [0.2, 0.25) is 0 Å². The molecule has 5 nitrogen and oxygen atoms in total. The van der Waals surface area contributed by atoms with Crippen molar-refractivity contribution in [3.8, 4) is 5.75 Å². The van der Waals surface area contributed by atoms with Crippen LogP contribution in [0.3, 0.4) is 0 Å². The van der Waals surface area contributed by atoms with E-state index in [4.69, 9.17) is 17.0 Å². The second kappa shape index (κ2) is 6.86. The molecule has 1 aromatic heterocycles. The molecule has 0 spiro atoms. The van der Waals surface area contributed by atoms with Gasteiger partial charge in [-0.05, 0) is 30.3 Å². The summed E-state index contributed by atoms with van der Waals surface area (Å²) in [5.41, 5.74) is 2.84. The molecule has 0 atom stereocenters. The number of fused-ring (bicyclic) bond motifs is 1. The number of amides is 1. The third kappa shape index (κ3) is 2.95. The summed E-state index contributed by atoms with van der Waals surface area (Å²) >= 11 is 6.65. The first-order valence-corrected chi connectivity index (χ1v) is 9.02. The monoisotopic (exact) mass is 379 g/mol. The third-order valence-electron chi connectivity index (χ3n) is 3.87. The maximum absolute atomic E-state index is 12.9. The van der Waals surface area contributed by atoms with E-state index in [9.17, 15) is 4.79 Å². The molecular weight excluding hydrogens is 366 g/mol. The Bertz CT molecular complexity index is 1070. The van der Waals surface area contributed by atoms with Gasteiger partial charge in [0.25, 0.3) is 5.91 Å². The Morgan fingerprint density at radius 2 is 1.85 bits per heavy atom. The molecule has 0 radical (unpaired) electrons. The molecule has 0 bridgehead atoms. The van der Waals surface area contributed by atoms with E-state index in [1.165, 1.54) is 16.7 Å². The van der Waals surface area contributed by atoms with E-state index in [1.807, 2.05) is 42.5 Å². The van der Waals surface area contributed by atoms with E-state index in [0.29, 0.717) is 26.4 Å². The van der Waals surface area contributed by atoms with Crippen LogP contribution in [0.25, 0.3) is 17.1 Å². The molecule has 7 heteroatoms. The number of thioether (sulfide) groups is 1. The Kier molecular flexibility index (Phi) is 4.40. The molecular formula is C19H13N3O2S2. The molecule has 26 heavy (non-hydrogen) atoms. The van der Waals surface area contributed by atoms with Gasteiger partial charge in [-0.3, -0.25) is 14.7 Å². The van der Waals surface area contributed by atoms with Crippen LogP contribution in [0.15, 0.2) is 59.6 Å². The zero-order valence-corrected chi connectivity index (χ0v) is 15.4. The highest BCUT2D eigenvalue weighted by molar-refractivity contribution is 8.27. The van der Waals surface area contributed by atoms with Gasteiger partial charge < -0.3 is 4.74 Å². The minimum Gasteiger partial charge on any atom is -0.495 e. The number of methoxy groups -OCH3 is 1. The van der Waals surface area contributed by atoms with Crippen LogP contribution in [0.5, 0.6) is 5.75 Å². The molecule has 1 fully saturated rings. The lowest BCUT2D eigenvalue weighted by atomic mass is 10.2. The molecule has 1 amide bonds. The van der Waals surface area contributed by atoms with Crippen LogP contribution in [0.1, 0.15) is 5.69 Å². The minimum absolute atomic E-state index is 0.195. The Balaban J connectivity index is 1.71. The van der Waals surface area contributed by atoms with Gasteiger partial charge in [0.05, 0.1) is 40.6 Å². The lowest BCUT2D eigenvalue weighted by Crippen LogP contribution is -2.27. The number of ether oxygens (including phenoxy) is 1. The number of rotatable bonds is 3. The van der Waals surface area contributed by atoms with E-state index in [1.54, 1.807) is 25.4 Å². The molecule has 1 aliphatic rings. The summed E-state index contributed by atoms with van der Waals surface area (Å²) in [6, 6.07) is 14.9. The van der Waals surface area contributed by atoms with Gasteiger partial charge in [-0.2, -0.15) is 0 Å². The van der Waals surface area contributed by atoms with Crippen molar-refractivity contribution in [2.45, 2.75) is 0 Å². The number of nitrogens with zero attached hydrogens (tertiary/aromatic N) is 3. The smallest absolute Gasteiger partial charge is 0.270 e. The maximum atomic E-state index is 12.9. The summed E-state index contributed by atoms with van der Waals surface area (Å²) in [6.45, 7) is 0. The standard InChI is InChI=1S/C19H13N3O2S2/c1-24-16-9-5-4-8-15(16)22-18(23)17(26-19(22)25)10-12-11-20-13-6-2-3-7-14(13)21-12/h2-11H,1H3. The number of aromatic nitrogens is 2. The summed E-state index contributed by atoms with van der Waals surface area (Å²) in [7, 11) is 1.57. The second-order valence-corrected chi connectivity index (χ2v) is 7.15. The van der Waals surface area contributed by atoms with Gasteiger partial charge in [0.2, 0.25) is 0 Å². The van der Waals surface area contributed by atoms with Crippen molar-refractivity contribution in [1.29, 1.82) is 0 Å². The molecule has 0 saturated carbocycles. The SMILES string of the molecule is COc1ccccc1N1C(=O)C(=Cc2cnc3ccccc3n2)SC1=S. The largest absolute Gasteiger partial charge is 0.495 e. The van der Waals surface area contributed by atoms with Crippen LogP contribution in [-0.2, 0) is 4.79 Å². The molecule has 4 rings (SSSR count). The van der Waals surface area contributed by atoms with Gasteiger partial charge in [-0.15, -0.1) is 0 Å². The first-order chi connectivity index (χ1) is 12.7. The minimum atomic E-state index is -0.195. The lowest BCUT2D eigenvalue weighted by Gasteiger charge is -2.17. The van der Waals surface area contributed by atoms with Crippen LogP contribution in [0, 0.1) is 0 Å². The van der Waals surface area contributed by atoms with E-state index >= 15 is 0 Å². The Hall–Kier alpha value is -2.77. The number of para-hydroxylation sites is 4. The number of benzene rings is 2. The number of hydrogen-bond acceptors (Lipinski definition) is 6. The van der Waals surface area contributed by atoms with Crippen molar-refractivity contribution in [3.05, 3.63) is 65.3 Å². The fraction of sp³-hybridized carbons (Fsp3) is 0.0526. The van der Waals surface area contributed by atoms with Crippen LogP contribution < -0.4 is 9.64 Å². The van der Waals surface area contributed by atoms with Crippen LogP contribution >= 0.6 is 24.0 Å². The van der Waals surface area contributed by atoms with Crippen LogP contribution in [0.4, 0.5) is 5.69 Å². The molecule has 0 N–H and O–H groups in total. The van der Waals surface area contributed by atoms with Crippen molar-refractivity contribution in [1.82, 2.24) is 9.97 Å². The van der Waals surface area contributed by atoms with E-state index in [0.717, 1.165) is 11.0 Å². The van der Waals surface area contributed by atoms with Gasteiger partial charge in [0.1, 0.15) is 5.75 Å². The van der Waals surface area contributed by atoms with Crippen LogP contribution in [-0.4, -0.2) is 27.3 Å². The molecule has 1 aliphatic heterocycles. The summed E-state index contributed by atoms with van der Waals surface area (Å²) in [5.74, 6) is 0.398. The second-order valence-electron chi connectivity index (χ2n) is 5.47. The summed E-state index contributed by atoms with van der Waals surface area (Å²) < 4.78 is 5.81. The van der Waals surface area contributed by atoms with Gasteiger partial charge in [0, 0.05) is 0 Å². The predicted molar refractivity (Wildman–Crippen MR) is 108 cm³/mol. The summed E-state index contributed by atoms with van der Waals surface area (Å²) in [4.78, 5) is 23.8. The molecule has 128 valence electrons. The number of carbonyl (C=O) groups is 1. The zero-order valence-electron chi connectivity index (χ0n) is 13.7. The predicted octanol–water partition coefficient (Wildman–Crippen LogP) is 4.04. The van der Waals surface area contributed by atoms with Crippen molar-refractivity contribution in [3.63, 3.8) is 0 Å². The normalized spacial score (nSPS) is 15.9. The summed E-state index contributed by atoms with van der Waals surface area (Å²) in [5, 5.41) is 0. The topological polar surface area (TPSA) is 55.3 Å².